The molecule has 2 heterocycles. The van der Waals surface area contributed by atoms with Crippen molar-refractivity contribution in [2.45, 2.75) is 38.0 Å². The lowest BCUT2D eigenvalue weighted by Gasteiger charge is -2.33. The summed E-state index contributed by atoms with van der Waals surface area (Å²) in [6, 6.07) is 16.7. The molecule has 36 heavy (non-hydrogen) atoms. The zero-order valence-electron chi connectivity index (χ0n) is 21.2. The number of pyridine rings is 1. The Morgan fingerprint density at radius 2 is 1.81 bits per heavy atom. The number of carbonyl (C=O) groups is 1. The van der Waals surface area contributed by atoms with Gasteiger partial charge in [-0.05, 0) is 68.3 Å². The van der Waals surface area contributed by atoms with Crippen molar-refractivity contribution in [1.82, 2.24) is 9.88 Å². The predicted molar refractivity (Wildman–Crippen MR) is 151 cm³/mol. The molecule has 4 rings (SSSR count). The first-order valence-corrected chi connectivity index (χ1v) is 13.8. The molecule has 1 atom stereocenters. The summed E-state index contributed by atoms with van der Waals surface area (Å²) >= 11 is 6.18. The van der Waals surface area contributed by atoms with Crippen LogP contribution in [0, 0.1) is 6.92 Å². The number of aromatic nitrogens is 1. The lowest BCUT2D eigenvalue weighted by molar-refractivity contribution is 0.112. The van der Waals surface area contributed by atoms with E-state index >= 15 is 0 Å². The SMILES string of the molecule is CCCCc1ccc(NS(=O)c2cccc(C=O)c2)cc1.Cc1cnc(N2CCN(C)CC2)c(Cl)c1. The van der Waals surface area contributed by atoms with Gasteiger partial charge in [0.05, 0.1) is 9.92 Å². The summed E-state index contributed by atoms with van der Waals surface area (Å²) in [5.74, 6) is 0.926. The second kappa shape index (κ2) is 14.1. The fraction of sp³-hybridized carbons (Fsp3) is 0.357. The molecule has 0 saturated carbocycles. The van der Waals surface area contributed by atoms with E-state index in [1.165, 1.54) is 18.4 Å². The molecule has 1 saturated heterocycles. The molecule has 1 aromatic heterocycles. The molecule has 192 valence electrons. The van der Waals surface area contributed by atoms with Gasteiger partial charge in [0.25, 0.3) is 0 Å². The second-order valence-corrected chi connectivity index (χ2v) is 10.6. The summed E-state index contributed by atoms with van der Waals surface area (Å²) < 4.78 is 15.2. The second-order valence-electron chi connectivity index (χ2n) is 8.97. The van der Waals surface area contributed by atoms with E-state index < -0.39 is 11.0 Å². The predicted octanol–water partition coefficient (Wildman–Crippen LogP) is 5.77. The highest BCUT2D eigenvalue weighted by Crippen LogP contribution is 2.24. The van der Waals surface area contributed by atoms with E-state index in [0.29, 0.717) is 10.5 Å². The van der Waals surface area contributed by atoms with Gasteiger partial charge in [-0.25, -0.2) is 9.19 Å². The molecule has 0 amide bonds. The molecule has 2 aromatic carbocycles. The van der Waals surface area contributed by atoms with Crippen molar-refractivity contribution in [2.24, 2.45) is 0 Å². The number of anilines is 2. The molecule has 0 radical (unpaired) electrons. The number of hydrogen-bond donors (Lipinski definition) is 1. The number of nitrogens with zero attached hydrogens (tertiary/aromatic N) is 3. The average molecular weight is 527 g/mol. The fourth-order valence-corrected chi connectivity index (χ4v) is 5.02. The summed E-state index contributed by atoms with van der Waals surface area (Å²) in [4.78, 5) is 20.3. The number of carbonyl (C=O) groups excluding carboxylic acids is 1. The topological polar surface area (TPSA) is 65.5 Å². The standard InChI is InChI=1S/C17H19NO2S.C11H16ClN3/c1-2-3-5-14-8-10-16(11-9-14)18-21(20)17-7-4-6-15(12-17)13-19;1-9-7-10(12)11(13-8-9)15-5-3-14(2)4-6-15/h4,6-13,18H,2-3,5H2,1H3;7-8H,3-6H2,1-2H3. The lowest BCUT2D eigenvalue weighted by atomic mass is 10.1. The molecule has 0 aliphatic carbocycles. The molecule has 0 spiro atoms. The van der Waals surface area contributed by atoms with Crippen LogP contribution in [0.25, 0.3) is 0 Å². The highest BCUT2D eigenvalue weighted by atomic mass is 35.5. The van der Waals surface area contributed by atoms with Crippen molar-refractivity contribution >= 4 is 40.4 Å². The van der Waals surface area contributed by atoms with Gasteiger partial charge in [0.1, 0.15) is 23.1 Å². The molecule has 1 aliphatic rings. The first-order valence-electron chi connectivity index (χ1n) is 12.3. The number of likely N-dealkylation sites (N-methyl/N-ethyl adjacent to an activating group) is 1. The van der Waals surface area contributed by atoms with Crippen molar-refractivity contribution in [3.05, 3.63) is 82.5 Å². The van der Waals surface area contributed by atoms with Gasteiger partial charge >= 0.3 is 0 Å². The van der Waals surface area contributed by atoms with Crippen LogP contribution < -0.4 is 9.62 Å². The molecule has 6 nitrogen and oxygen atoms in total. The summed E-state index contributed by atoms with van der Waals surface area (Å²) in [5, 5.41) is 0.763. The van der Waals surface area contributed by atoms with Crippen molar-refractivity contribution < 1.29 is 9.00 Å². The molecule has 1 aliphatic heterocycles. The van der Waals surface area contributed by atoms with Gasteiger partial charge in [-0.2, -0.15) is 0 Å². The van der Waals surface area contributed by atoms with Crippen molar-refractivity contribution in [2.75, 3.05) is 42.8 Å². The van der Waals surface area contributed by atoms with Gasteiger partial charge in [-0.3, -0.25) is 4.79 Å². The number of aldehydes is 1. The third kappa shape index (κ3) is 8.43. The monoisotopic (exact) mass is 526 g/mol. The van der Waals surface area contributed by atoms with Crippen LogP contribution in [-0.4, -0.2) is 53.6 Å². The average Bonchev–Trinajstić information content (AvgIpc) is 2.89. The van der Waals surface area contributed by atoms with Crippen molar-refractivity contribution in [1.29, 1.82) is 0 Å². The van der Waals surface area contributed by atoms with Gasteiger partial charge in [-0.15, -0.1) is 0 Å². The Hall–Kier alpha value is -2.74. The van der Waals surface area contributed by atoms with Crippen molar-refractivity contribution in [3.8, 4) is 0 Å². The van der Waals surface area contributed by atoms with Crippen LogP contribution in [0.4, 0.5) is 11.5 Å². The zero-order valence-corrected chi connectivity index (χ0v) is 22.8. The number of halogens is 1. The Bertz CT molecular complexity index is 1150. The van der Waals surface area contributed by atoms with Gasteiger partial charge in [-0.1, -0.05) is 49.2 Å². The quantitative estimate of drug-likeness (QED) is 0.377. The smallest absolute Gasteiger partial charge is 0.150 e. The minimum Gasteiger partial charge on any atom is -0.353 e. The van der Waals surface area contributed by atoms with Crippen LogP contribution in [-0.2, 0) is 17.4 Å². The zero-order chi connectivity index (χ0) is 25.9. The Kier molecular flexibility index (Phi) is 10.9. The summed E-state index contributed by atoms with van der Waals surface area (Å²) in [6.07, 6.45) is 6.05. The Morgan fingerprint density at radius 3 is 2.44 bits per heavy atom. The van der Waals surface area contributed by atoms with E-state index in [1.54, 1.807) is 24.3 Å². The largest absolute Gasteiger partial charge is 0.353 e. The Balaban J connectivity index is 0.000000212. The third-order valence-electron chi connectivity index (χ3n) is 5.95. The van der Waals surface area contributed by atoms with Gasteiger partial charge in [0.2, 0.25) is 0 Å². The number of hydrogen-bond acceptors (Lipinski definition) is 5. The van der Waals surface area contributed by atoms with Gasteiger partial charge < -0.3 is 14.5 Å². The normalized spacial score (nSPS) is 14.5. The van der Waals surface area contributed by atoms with Crippen LogP contribution >= 0.6 is 11.6 Å². The highest BCUT2D eigenvalue weighted by Gasteiger charge is 2.17. The molecular formula is C28H35ClN4O2S. The van der Waals surface area contributed by atoms with E-state index in [1.807, 2.05) is 31.3 Å². The molecule has 3 aromatic rings. The summed E-state index contributed by atoms with van der Waals surface area (Å²) in [6.45, 7) is 8.34. The van der Waals surface area contributed by atoms with Gasteiger partial charge in [0, 0.05) is 43.6 Å². The maximum Gasteiger partial charge on any atom is 0.150 e. The maximum atomic E-state index is 12.2. The molecule has 1 N–H and O–H groups in total. The van der Waals surface area contributed by atoms with Crippen LogP contribution in [0.5, 0.6) is 0 Å². The van der Waals surface area contributed by atoms with E-state index in [9.17, 15) is 9.00 Å². The lowest BCUT2D eigenvalue weighted by Crippen LogP contribution is -2.44. The number of piperazine rings is 1. The molecule has 1 fully saturated rings. The molecular weight excluding hydrogens is 492 g/mol. The molecule has 1 unspecified atom stereocenters. The number of unbranched alkanes of at least 4 members (excludes halogenated alkanes) is 1. The Morgan fingerprint density at radius 1 is 1.08 bits per heavy atom. The molecule has 8 heteroatoms. The molecule has 0 bridgehead atoms. The van der Waals surface area contributed by atoms with E-state index in [-0.39, 0.29) is 0 Å². The first-order chi connectivity index (χ1) is 17.4. The fourth-order valence-electron chi connectivity index (χ4n) is 3.77. The Labute approximate surface area is 222 Å². The van der Waals surface area contributed by atoms with E-state index in [4.69, 9.17) is 11.6 Å². The van der Waals surface area contributed by atoms with Crippen LogP contribution in [0.1, 0.15) is 41.3 Å². The summed E-state index contributed by atoms with van der Waals surface area (Å²) in [7, 11) is 0.773. The summed E-state index contributed by atoms with van der Waals surface area (Å²) in [5.41, 5.74) is 3.73. The van der Waals surface area contributed by atoms with Gasteiger partial charge in [0.15, 0.2) is 0 Å². The first kappa shape index (κ1) is 27.8. The minimum atomic E-state index is -1.37. The van der Waals surface area contributed by atoms with Crippen LogP contribution in [0.2, 0.25) is 5.02 Å². The highest BCUT2D eigenvalue weighted by molar-refractivity contribution is 7.86. The number of rotatable bonds is 8. The van der Waals surface area contributed by atoms with E-state index in [2.05, 4.69) is 45.6 Å². The minimum absolute atomic E-state index is 0.526. The van der Waals surface area contributed by atoms with Crippen LogP contribution in [0.15, 0.2) is 65.7 Å². The number of aryl methyl sites for hydroxylation is 2. The third-order valence-corrected chi connectivity index (χ3v) is 7.33. The van der Waals surface area contributed by atoms with E-state index in [0.717, 1.165) is 61.0 Å². The van der Waals surface area contributed by atoms with Crippen molar-refractivity contribution in [3.63, 3.8) is 0 Å². The number of nitrogens with one attached hydrogen (secondary N) is 1. The van der Waals surface area contributed by atoms with Crippen LogP contribution in [0.3, 0.4) is 0 Å². The maximum absolute atomic E-state index is 12.2. The number of benzene rings is 2.